The van der Waals surface area contributed by atoms with Crippen LogP contribution in [0, 0.1) is 5.92 Å². The van der Waals surface area contributed by atoms with E-state index in [9.17, 15) is 0 Å². The van der Waals surface area contributed by atoms with Gasteiger partial charge in [-0.15, -0.1) is 0 Å². The van der Waals surface area contributed by atoms with E-state index in [0.717, 1.165) is 40.9 Å². The van der Waals surface area contributed by atoms with Gasteiger partial charge in [-0.05, 0) is 60.7 Å². The lowest BCUT2D eigenvalue weighted by molar-refractivity contribution is 0.488. The average molecular weight is 672 g/mol. The van der Waals surface area contributed by atoms with Crippen LogP contribution in [-0.4, -0.2) is 25.6 Å². The molecule has 0 fully saturated rings. The molecule has 1 aliphatic carbocycles. The molecule has 5 nitrogen and oxygen atoms in total. The quantitative estimate of drug-likeness (QED) is 0.171. The van der Waals surface area contributed by atoms with Gasteiger partial charge < -0.3 is 9.47 Å². The molecule has 3 atom stereocenters. The minimum absolute atomic E-state index is 0.321. The highest BCUT2D eigenvalue weighted by atomic mass is 15.2. The van der Waals surface area contributed by atoms with Crippen LogP contribution in [0.4, 0.5) is 11.4 Å². The van der Waals surface area contributed by atoms with Crippen molar-refractivity contribution < 1.29 is 0 Å². The van der Waals surface area contributed by atoms with Crippen LogP contribution in [0.1, 0.15) is 31.2 Å². The lowest BCUT2D eigenvalue weighted by Gasteiger charge is -2.32. The van der Waals surface area contributed by atoms with Crippen molar-refractivity contribution in [3.8, 4) is 39.9 Å². The molecule has 0 saturated carbocycles. The molecule has 0 bridgehead atoms. The number of aromatic nitrogens is 4. The fourth-order valence-electron chi connectivity index (χ4n) is 8.52. The van der Waals surface area contributed by atoms with Crippen LogP contribution in [-0.2, 0) is 0 Å². The van der Waals surface area contributed by atoms with E-state index in [1.807, 2.05) is 36.4 Å². The Morgan fingerprint density at radius 2 is 1.08 bits per heavy atom. The van der Waals surface area contributed by atoms with E-state index in [2.05, 4.69) is 144 Å². The first kappa shape index (κ1) is 30.5. The molecule has 52 heavy (non-hydrogen) atoms. The Labute approximate surface area is 303 Å². The smallest absolute Gasteiger partial charge is 0.164 e. The van der Waals surface area contributed by atoms with Gasteiger partial charge in [0.1, 0.15) is 0 Å². The number of anilines is 2. The molecule has 0 N–H and O–H groups in total. The summed E-state index contributed by atoms with van der Waals surface area (Å²) in [5, 5.41) is 2.47. The zero-order valence-corrected chi connectivity index (χ0v) is 29.0. The summed E-state index contributed by atoms with van der Waals surface area (Å²) in [4.78, 5) is 18.0. The fourth-order valence-corrected chi connectivity index (χ4v) is 8.52. The Kier molecular flexibility index (Phi) is 7.31. The van der Waals surface area contributed by atoms with E-state index >= 15 is 0 Å². The summed E-state index contributed by atoms with van der Waals surface area (Å²) in [7, 11) is 0. The molecule has 8 aromatic rings. The van der Waals surface area contributed by atoms with Gasteiger partial charge in [0, 0.05) is 56.5 Å². The molecule has 0 amide bonds. The lowest BCUT2D eigenvalue weighted by atomic mass is 9.89. The van der Waals surface area contributed by atoms with Crippen molar-refractivity contribution in [3.63, 3.8) is 0 Å². The van der Waals surface area contributed by atoms with Gasteiger partial charge in [-0.3, -0.25) is 0 Å². The van der Waals surface area contributed by atoms with E-state index < -0.39 is 0 Å². The van der Waals surface area contributed by atoms with Gasteiger partial charge in [0.15, 0.2) is 17.5 Å². The van der Waals surface area contributed by atoms with Gasteiger partial charge in [-0.25, -0.2) is 15.0 Å². The van der Waals surface area contributed by atoms with Crippen molar-refractivity contribution in [1.29, 1.82) is 0 Å². The standard InChI is InChI=1S/C47H37N5/c1-31-15-14-23-40-39-22-10-13-26-43(39)52(44(40)27-31)36-29-34(28-35(30-36)51-41-24-11-8-20-37(41)38-21-9-12-25-42(38)51)47-49-45(32-16-4-2-5-17-32)48-46(50-47)33-18-6-3-7-19-33/h2-22,24-26,28-31,40,44H,23,27H2,1H3. The van der Waals surface area contributed by atoms with Gasteiger partial charge >= 0.3 is 0 Å². The molecular formula is C47H37N5. The van der Waals surface area contributed by atoms with Crippen molar-refractivity contribution in [3.05, 3.63) is 169 Å². The molecule has 250 valence electrons. The third kappa shape index (κ3) is 5.12. The van der Waals surface area contributed by atoms with Gasteiger partial charge in [0.2, 0.25) is 0 Å². The number of allylic oxidation sites excluding steroid dienone is 2. The van der Waals surface area contributed by atoms with E-state index in [1.165, 1.54) is 33.1 Å². The maximum absolute atomic E-state index is 5.21. The molecular weight excluding hydrogens is 635 g/mol. The Bertz CT molecular complexity index is 2510. The predicted molar refractivity (Wildman–Crippen MR) is 213 cm³/mol. The summed E-state index contributed by atoms with van der Waals surface area (Å²) < 4.78 is 2.41. The van der Waals surface area contributed by atoms with Gasteiger partial charge in [-0.2, -0.15) is 0 Å². The predicted octanol–water partition coefficient (Wildman–Crippen LogP) is 11.6. The molecule has 5 heteroatoms. The van der Waals surface area contributed by atoms with Gasteiger partial charge in [-0.1, -0.05) is 134 Å². The number of hydrogen-bond donors (Lipinski definition) is 0. The summed E-state index contributed by atoms with van der Waals surface area (Å²) in [6.07, 6.45) is 6.92. The molecule has 6 aromatic carbocycles. The van der Waals surface area contributed by atoms with E-state index in [-0.39, 0.29) is 0 Å². The number of nitrogens with zero attached hydrogens (tertiary/aromatic N) is 5. The van der Waals surface area contributed by atoms with Crippen molar-refractivity contribution in [2.24, 2.45) is 5.92 Å². The van der Waals surface area contributed by atoms with Crippen molar-refractivity contribution in [2.75, 3.05) is 4.90 Å². The minimum atomic E-state index is 0.321. The number of benzene rings is 6. The number of rotatable bonds is 5. The van der Waals surface area contributed by atoms with E-state index in [1.54, 1.807) is 0 Å². The minimum Gasteiger partial charge on any atom is -0.337 e. The molecule has 3 heterocycles. The van der Waals surface area contributed by atoms with Crippen molar-refractivity contribution >= 4 is 33.2 Å². The third-order valence-corrected chi connectivity index (χ3v) is 10.8. The molecule has 1 aliphatic heterocycles. The molecule has 10 rings (SSSR count). The van der Waals surface area contributed by atoms with Gasteiger partial charge in [0.25, 0.3) is 0 Å². The maximum Gasteiger partial charge on any atom is 0.164 e. The highest BCUT2D eigenvalue weighted by molar-refractivity contribution is 6.09. The monoisotopic (exact) mass is 671 g/mol. The fraction of sp³-hybridized carbons (Fsp3) is 0.128. The number of para-hydroxylation sites is 3. The van der Waals surface area contributed by atoms with E-state index in [0.29, 0.717) is 35.4 Å². The Hall–Kier alpha value is -6.33. The highest BCUT2D eigenvalue weighted by Gasteiger charge is 2.40. The summed E-state index contributed by atoms with van der Waals surface area (Å²) >= 11 is 0. The first-order valence-corrected chi connectivity index (χ1v) is 18.3. The second-order valence-corrected chi connectivity index (χ2v) is 14.1. The summed E-state index contributed by atoms with van der Waals surface area (Å²) in [6, 6.07) is 54.1. The Balaban J connectivity index is 1.25. The molecule has 3 unspecified atom stereocenters. The van der Waals surface area contributed by atoms with Crippen molar-refractivity contribution in [2.45, 2.75) is 31.7 Å². The molecule has 2 aromatic heterocycles. The van der Waals surface area contributed by atoms with Crippen LogP contribution in [0.2, 0.25) is 0 Å². The summed E-state index contributed by atoms with van der Waals surface area (Å²) in [5.74, 6) is 2.87. The molecule has 0 spiro atoms. The lowest BCUT2D eigenvalue weighted by Crippen LogP contribution is -2.31. The highest BCUT2D eigenvalue weighted by Crippen LogP contribution is 2.51. The maximum atomic E-state index is 5.21. The topological polar surface area (TPSA) is 46.8 Å². The largest absolute Gasteiger partial charge is 0.337 e. The first-order chi connectivity index (χ1) is 25.7. The normalized spacial score (nSPS) is 18.0. The van der Waals surface area contributed by atoms with Crippen LogP contribution in [0.15, 0.2) is 164 Å². The van der Waals surface area contributed by atoms with Crippen molar-refractivity contribution in [1.82, 2.24) is 19.5 Å². The molecule has 0 radical (unpaired) electrons. The summed E-state index contributed by atoms with van der Waals surface area (Å²) in [6.45, 7) is 2.35. The SMILES string of the molecule is CC1C=CCC2c3ccccc3N(c3cc(-c4nc(-c5ccccc5)nc(-c5ccccc5)n4)cc(-n4c5ccccc5c5ccccc54)c3)C2C1. The second-order valence-electron chi connectivity index (χ2n) is 14.1. The molecule has 0 saturated heterocycles. The zero-order chi connectivity index (χ0) is 34.6. The zero-order valence-electron chi connectivity index (χ0n) is 29.0. The Morgan fingerprint density at radius 1 is 0.538 bits per heavy atom. The first-order valence-electron chi connectivity index (χ1n) is 18.3. The molecule has 2 aliphatic rings. The van der Waals surface area contributed by atoms with Crippen LogP contribution >= 0.6 is 0 Å². The van der Waals surface area contributed by atoms with Crippen LogP contribution in [0.3, 0.4) is 0 Å². The van der Waals surface area contributed by atoms with Gasteiger partial charge in [0.05, 0.1) is 11.0 Å². The van der Waals surface area contributed by atoms with Crippen LogP contribution < -0.4 is 4.90 Å². The summed E-state index contributed by atoms with van der Waals surface area (Å²) in [5.41, 5.74) is 10.1. The van der Waals surface area contributed by atoms with E-state index in [4.69, 9.17) is 15.0 Å². The second kappa shape index (κ2) is 12.5. The Morgan fingerprint density at radius 3 is 1.73 bits per heavy atom. The third-order valence-electron chi connectivity index (χ3n) is 10.8. The van der Waals surface area contributed by atoms with Crippen LogP contribution in [0.5, 0.6) is 0 Å². The number of fused-ring (bicyclic) bond motifs is 6. The van der Waals surface area contributed by atoms with Crippen LogP contribution in [0.25, 0.3) is 61.7 Å². The number of hydrogen-bond acceptors (Lipinski definition) is 4. The average Bonchev–Trinajstić information content (AvgIpc) is 3.62.